The van der Waals surface area contributed by atoms with Crippen LogP contribution in [0.4, 0.5) is 5.82 Å². The van der Waals surface area contributed by atoms with Gasteiger partial charge in [0, 0.05) is 6.54 Å². The standard InChI is InChI=1S/C14H27N3/c1-3-5-7-8-9-10-13-14(15)17(12-16-13)11-6-4-2/h12H,3-11,15H2,1-2H3. The van der Waals surface area contributed by atoms with E-state index >= 15 is 0 Å². The molecule has 0 unspecified atom stereocenters. The van der Waals surface area contributed by atoms with Gasteiger partial charge in [0.15, 0.2) is 0 Å². The van der Waals surface area contributed by atoms with Crippen LogP contribution in [0.3, 0.4) is 0 Å². The fraction of sp³-hybridized carbons (Fsp3) is 0.786. The lowest BCUT2D eigenvalue weighted by Gasteiger charge is -2.04. The number of aromatic nitrogens is 2. The number of hydrogen-bond acceptors (Lipinski definition) is 2. The minimum absolute atomic E-state index is 0.883. The van der Waals surface area contributed by atoms with Crippen LogP contribution in [0, 0.1) is 0 Å². The van der Waals surface area contributed by atoms with E-state index in [0.29, 0.717) is 0 Å². The average molecular weight is 237 g/mol. The first-order valence-electron chi connectivity index (χ1n) is 7.09. The van der Waals surface area contributed by atoms with Crippen molar-refractivity contribution in [2.45, 2.75) is 71.8 Å². The molecule has 0 bridgehead atoms. The second kappa shape index (κ2) is 8.15. The van der Waals surface area contributed by atoms with Crippen LogP contribution in [-0.4, -0.2) is 9.55 Å². The number of nitrogens with two attached hydrogens (primary N) is 1. The van der Waals surface area contributed by atoms with Crippen molar-refractivity contribution in [2.24, 2.45) is 0 Å². The number of unbranched alkanes of at least 4 members (excludes halogenated alkanes) is 5. The second-order valence-electron chi connectivity index (χ2n) is 4.79. The van der Waals surface area contributed by atoms with Crippen molar-refractivity contribution in [1.29, 1.82) is 0 Å². The Morgan fingerprint density at radius 2 is 1.76 bits per heavy atom. The normalized spacial score (nSPS) is 10.9. The Morgan fingerprint density at radius 3 is 2.47 bits per heavy atom. The number of aryl methyl sites for hydroxylation is 2. The van der Waals surface area contributed by atoms with Gasteiger partial charge in [-0.05, 0) is 19.3 Å². The minimum Gasteiger partial charge on any atom is -0.384 e. The number of anilines is 1. The molecule has 17 heavy (non-hydrogen) atoms. The molecule has 1 aromatic rings. The lowest BCUT2D eigenvalue weighted by Crippen LogP contribution is -2.03. The highest BCUT2D eigenvalue weighted by Gasteiger charge is 2.06. The Hall–Kier alpha value is -0.990. The Labute approximate surface area is 105 Å². The molecule has 3 nitrogen and oxygen atoms in total. The van der Waals surface area contributed by atoms with E-state index < -0.39 is 0 Å². The molecule has 0 saturated carbocycles. The molecule has 0 saturated heterocycles. The van der Waals surface area contributed by atoms with Gasteiger partial charge >= 0.3 is 0 Å². The van der Waals surface area contributed by atoms with Crippen LogP contribution in [0.15, 0.2) is 6.33 Å². The molecule has 0 atom stereocenters. The van der Waals surface area contributed by atoms with Crippen LogP contribution in [0.25, 0.3) is 0 Å². The molecule has 0 spiro atoms. The van der Waals surface area contributed by atoms with Crippen LogP contribution in [-0.2, 0) is 13.0 Å². The zero-order valence-electron chi connectivity index (χ0n) is 11.4. The van der Waals surface area contributed by atoms with Crippen LogP contribution in [0.5, 0.6) is 0 Å². The number of nitrogen functional groups attached to an aromatic ring is 1. The molecular formula is C14H27N3. The first kappa shape index (κ1) is 14.1. The van der Waals surface area contributed by atoms with Gasteiger partial charge in [0.2, 0.25) is 0 Å². The van der Waals surface area contributed by atoms with Crippen molar-refractivity contribution >= 4 is 5.82 Å². The molecule has 0 aliphatic heterocycles. The zero-order valence-corrected chi connectivity index (χ0v) is 11.4. The van der Waals surface area contributed by atoms with Crippen molar-refractivity contribution < 1.29 is 0 Å². The van der Waals surface area contributed by atoms with Crippen LogP contribution >= 0.6 is 0 Å². The van der Waals surface area contributed by atoms with E-state index in [1.165, 1.54) is 44.9 Å². The molecule has 98 valence electrons. The first-order chi connectivity index (χ1) is 8.29. The molecule has 0 fully saturated rings. The van der Waals surface area contributed by atoms with E-state index in [0.717, 1.165) is 24.5 Å². The topological polar surface area (TPSA) is 43.8 Å². The van der Waals surface area contributed by atoms with Gasteiger partial charge in [-0.1, -0.05) is 46.0 Å². The predicted molar refractivity (Wildman–Crippen MR) is 74.0 cm³/mol. The summed E-state index contributed by atoms with van der Waals surface area (Å²) in [5, 5.41) is 0. The van der Waals surface area contributed by atoms with Crippen molar-refractivity contribution in [2.75, 3.05) is 5.73 Å². The number of rotatable bonds is 9. The van der Waals surface area contributed by atoms with Crippen LogP contribution in [0.2, 0.25) is 0 Å². The summed E-state index contributed by atoms with van der Waals surface area (Å²) in [6.45, 7) is 5.44. The number of hydrogen-bond donors (Lipinski definition) is 1. The maximum absolute atomic E-state index is 6.09. The average Bonchev–Trinajstić information content (AvgIpc) is 2.68. The van der Waals surface area contributed by atoms with Gasteiger partial charge in [-0.25, -0.2) is 4.98 Å². The summed E-state index contributed by atoms with van der Waals surface area (Å²) >= 11 is 0. The summed E-state index contributed by atoms with van der Waals surface area (Å²) in [4.78, 5) is 4.42. The molecular weight excluding hydrogens is 210 g/mol. The lowest BCUT2D eigenvalue weighted by molar-refractivity contribution is 0.627. The highest BCUT2D eigenvalue weighted by molar-refractivity contribution is 5.35. The first-order valence-corrected chi connectivity index (χ1v) is 7.09. The molecule has 0 aromatic carbocycles. The third-order valence-corrected chi connectivity index (χ3v) is 3.23. The molecule has 3 heteroatoms. The number of nitrogens with zero attached hydrogens (tertiary/aromatic N) is 2. The van der Waals surface area contributed by atoms with E-state index in [1.807, 2.05) is 6.33 Å². The van der Waals surface area contributed by atoms with E-state index in [4.69, 9.17) is 5.73 Å². The van der Waals surface area contributed by atoms with E-state index in [-0.39, 0.29) is 0 Å². The van der Waals surface area contributed by atoms with Gasteiger partial charge in [-0.3, -0.25) is 0 Å². The highest BCUT2D eigenvalue weighted by atomic mass is 15.1. The van der Waals surface area contributed by atoms with Crippen molar-refractivity contribution in [3.05, 3.63) is 12.0 Å². The Morgan fingerprint density at radius 1 is 1.06 bits per heavy atom. The molecule has 1 aromatic heterocycles. The summed E-state index contributed by atoms with van der Waals surface area (Å²) in [7, 11) is 0. The predicted octanol–water partition coefficient (Wildman–Crippen LogP) is 3.78. The minimum atomic E-state index is 0.883. The zero-order chi connectivity index (χ0) is 12.5. The molecule has 1 rings (SSSR count). The van der Waals surface area contributed by atoms with Crippen molar-refractivity contribution in [3.63, 3.8) is 0 Å². The fourth-order valence-electron chi connectivity index (χ4n) is 2.03. The van der Waals surface area contributed by atoms with Gasteiger partial charge in [0.25, 0.3) is 0 Å². The number of imidazole rings is 1. The van der Waals surface area contributed by atoms with E-state index in [9.17, 15) is 0 Å². The van der Waals surface area contributed by atoms with Crippen LogP contribution in [0.1, 0.15) is 64.5 Å². The third kappa shape index (κ3) is 4.80. The molecule has 0 aliphatic rings. The van der Waals surface area contributed by atoms with Gasteiger partial charge < -0.3 is 10.3 Å². The Kier molecular flexibility index (Phi) is 6.75. The SMILES string of the molecule is CCCCCCCc1ncn(CCCC)c1N. The van der Waals surface area contributed by atoms with Gasteiger partial charge in [0.1, 0.15) is 5.82 Å². The molecule has 0 amide bonds. The summed E-state index contributed by atoms with van der Waals surface area (Å²) in [6, 6.07) is 0. The molecule has 0 radical (unpaired) electrons. The van der Waals surface area contributed by atoms with E-state index in [1.54, 1.807) is 0 Å². The van der Waals surface area contributed by atoms with Crippen LogP contribution < -0.4 is 5.73 Å². The molecule has 0 aliphatic carbocycles. The Bertz CT molecular complexity index is 304. The summed E-state index contributed by atoms with van der Waals surface area (Å²) in [6.07, 6.45) is 11.8. The second-order valence-corrected chi connectivity index (χ2v) is 4.79. The fourth-order valence-corrected chi connectivity index (χ4v) is 2.03. The maximum Gasteiger partial charge on any atom is 0.126 e. The highest BCUT2D eigenvalue weighted by Crippen LogP contribution is 2.15. The van der Waals surface area contributed by atoms with Gasteiger partial charge in [0.05, 0.1) is 12.0 Å². The van der Waals surface area contributed by atoms with Gasteiger partial charge in [-0.15, -0.1) is 0 Å². The third-order valence-electron chi connectivity index (χ3n) is 3.23. The lowest BCUT2D eigenvalue weighted by atomic mass is 10.1. The monoisotopic (exact) mass is 237 g/mol. The smallest absolute Gasteiger partial charge is 0.126 e. The van der Waals surface area contributed by atoms with Gasteiger partial charge in [-0.2, -0.15) is 0 Å². The van der Waals surface area contributed by atoms with Crippen molar-refractivity contribution in [3.8, 4) is 0 Å². The van der Waals surface area contributed by atoms with Crippen molar-refractivity contribution in [1.82, 2.24) is 9.55 Å². The summed E-state index contributed by atoms with van der Waals surface area (Å²) < 4.78 is 2.09. The Balaban J connectivity index is 2.30. The molecule has 2 N–H and O–H groups in total. The summed E-state index contributed by atoms with van der Waals surface area (Å²) in [5.41, 5.74) is 7.18. The maximum atomic E-state index is 6.09. The van der Waals surface area contributed by atoms with E-state index in [2.05, 4.69) is 23.4 Å². The largest absolute Gasteiger partial charge is 0.384 e. The quantitative estimate of drug-likeness (QED) is 0.664. The molecule has 1 heterocycles. The summed E-state index contributed by atoms with van der Waals surface area (Å²) in [5.74, 6) is 0.883.